The summed E-state index contributed by atoms with van der Waals surface area (Å²) in [6, 6.07) is 9.80. The lowest BCUT2D eigenvalue weighted by Gasteiger charge is -2.36. The van der Waals surface area contributed by atoms with Crippen LogP contribution in [-0.4, -0.2) is 5.11 Å². The molecule has 39 heavy (non-hydrogen) atoms. The molecule has 218 valence electrons. The summed E-state index contributed by atoms with van der Waals surface area (Å²) < 4.78 is 0. The molecule has 0 radical (unpaired) electrons. The Labute approximate surface area is 242 Å². The third kappa shape index (κ3) is 8.14. The maximum atomic E-state index is 12.0. The number of hydrogen-bond acceptors (Lipinski definition) is 1. The molecule has 0 aliphatic heterocycles. The van der Waals surface area contributed by atoms with Gasteiger partial charge in [-0.15, -0.1) is 0 Å². The molecule has 2 aromatic rings. The lowest BCUT2D eigenvalue weighted by atomic mass is 9.69. The van der Waals surface area contributed by atoms with Crippen molar-refractivity contribution in [3.05, 3.63) is 63.2 Å². The zero-order chi connectivity index (χ0) is 28.8. The van der Waals surface area contributed by atoms with Crippen LogP contribution in [-0.2, 0) is 23.7 Å². The molecule has 3 rings (SSSR count). The summed E-state index contributed by atoms with van der Waals surface area (Å²) in [7, 11) is 0. The Hall–Kier alpha value is -1.76. The fraction of sp³-hybridized carbons (Fsp3) is 0.684. The number of aromatic hydroxyl groups is 1. The number of unbranched alkanes of at least 4 members (excludes halogenated alkanes) is 4. The summed E-state index contributed by atoms with van der Waals surface area (Å²) in [4.78, 5) is 0. The quantitative estimate of drug-likeness (QED) is 0.285. The molecular formula is C38H60O. The normalized spacial score (nSPS) is 16.0. The summed E-state index contributed by atoms with van der Waals surface area (Å²) in [5.41, 5.74) is 9.66. The van der Waals surface area contributed by atoms with Crippen LogP contribution in [0.5, 0.6) is 5.75 Å². The van der Waals surface area contributed by atoms with E-state index in [-0.39, 0.29) is 16.7 Å². The van der Waals surface area contributed by atoms with Crippen molar-refractivity contribution in [2.24, 2.45) is 5.92 Å². The summed E-state index contributed by atoms with van der Waals surface area (Å²) >= 11 is 0. The van der Waals surface area contributed by atoms with Crippen LogP contribution in [0.1, 0.15) is 171 Å². The predicted octanol–water partition coefficient (Wildman–Crippen LogP) is 11.5. The summed E-state index contributed by atoms with van der Waals surface area (Å²) in [5, 5.41) is 12.0. The average Bonchev–Trinajstić information content (AvgIpc) is 2.87. The van der Waals surface area contributed by atoms with E-state index in [0.29, 0.717) is 11.7 Å². The molecule has 0 amide bonds. The lowest BCUT2D eigenvalue weighted by molar-refractivity contribution is 0.320. The average molecular weight is 533 g/mol. The molecule has 0 aromatic heterocycles. The van der Waals surface area contributed by atoms with E-state index in [9.17, 15) is 5.11 Å². The Morgan fingerprint density at radius 3 is 1.67 bits per heavy atom. The molecule has 1 atom stereocenters. The Balaban J connectivity index is 2.28. The molecule has 1 heteroatoms. The third-order valence-corrected chi connectivity index (χ3v) is 9.25. The highest BCUT2D eigenvalue weighted by Gasteiger charge is 2.34. The fourth-order valence-electron chi connectivity index (χ4n) is 7.02. The van der Waals surface area contributed by atoms with Crippen LogP contribution in [0, 0.1) is 12.8 Å². The second-order valence-corrected chi connectivity index (χ2v) is 14.7. The zero-order valence-corrected chi connectivity index (χ0v) is 27.1. The molecule has 1 fully saturated rings. The Morgan fingerprint density at radius 2 is 1.18 bits per heavy atom. The van der Waals surface area contributed by atoms with Crippen molar-refractivity contribution in [2.45, 2.75) is 163 Å². The van der Waals surface area contributed by atoms with Crippen molar-refractivity contribution in [2.75, 3.05) is 0 Å². The summed E-state index contributed by atoms with van der Waals surface area (Å²) in [6.07, 6.45) is 16.3. The summed E-state index contributed by atoms with van der Waals surface area (Å²) in [5.74, 6) is 1.40. The van der Waals surface area contributed by atoms with Gasteiger partial charge in [0.25, 0.3) is 0 Å². The van der Waals surface area contributed by atoms with E-state index < -0.39 is 0 Å². The molecule has 1 nitrogen and oxygen atoms in total. The standard InChI is InChI=1S/C38H60O/c1-10-12-15-19-28-23-31(27(3)33(25-28)37(4,5)6)35(30-21-17-14-18-22-30)32-24-29(20-16-13-11-2)26-34(36(32)39)38(7,8)9/h23-26,30,35,39H,10-22H2,1-9H3. The van der Waals surface area contributed by atoms with Crippen molar-refractivity contribution < 1.29 is 5.11 Å². The number of benzene rings is 2. The first-order chi connectivity index (χ1) is 18.4. The van der Waals surface area contributed by atoms with E-state index in [4.69, 9.17) is 0 Å². The Bertz CT molecular complexity index is 978. The smallest absolute Gasteiger partial charge is 0.123 e. The highest BCUT2D eigenvalue weighted by atomic mass is 16.3. The van der Waals surface area contributed by atoms with Gasteiger partial charge >= 0.3 is 0 Å². The van der Waals surface area contributed by atoms with Crippen LogP contribution in [0.15, 0.2) is 24.3 Å². The molecule has 0 heterocycles. The molecule has 1 aliphatic rings. The van der Waals surface area contributed by atoms with Gasteiger partial charge in [-0.1, -0.05) is 125 Å². The van der Waals surface area contributed by atoms with E-state index in [1.165, 1.54) is 104 Å². The van der Waals surface area contributed by atoms with Gasteiger partial charge < -0.3 is 5.11 Å². The first-order valence-corrected chi connectivity index (χ1v) is 16.4. The second kappa shape index (κ2) is 13.7. The maximum absolute atomic E-state index is 12.0. The van der Waals surface area contributed by atoms with Crippen LogP contribution >= 0.6 is 0 Å². The minimum absolute atomic E-state index is 0.0929. The largest absolute Gasteiger partial charge is 0.507 e. The number of aryl methyl sites for hydroxylation is 2. The number of rotatable bonds is 11. The predicted molar refractivity (Wildman–Crippen MR) is 172 cm³/mol. The Morgan fingerprint density at radius 1 is 0.692 bits per heavy atom. The van der Waals surface area contributed by atoms with E-state index >= 15 is 0 Å². The van der Waals surface area contributed by atoms with Crippen LogP contribution in [0.4, 0.5) is 0 Å². The monoisotopic (exact) mass is 532 g/mol. The Kier molecular flexibility index (Phi) is 11.2. The summed E-state index contributed by atoms with van der Waals surface area (Å²) in [6.45, 7) is 20.8. The molecule has 0 bridgehead atoms. The minimum Gasteiger partial charge on any atom is -0.507 e. The van der Waals surface area contributed by atoms with Gasteiger partial charge in [0.15, 0.2) is 0 Å². The molecule has 1 saturated carbocycles. The van der Waals surface area contributed by atoms with Crippen molar-refractivity contribution in [1.29, 1.82) is 0 Å². The second-order valence-electron chi connectivity index (χ2n) is 14.7. The van der Waals surface area contributed by atoms with Gasteiger partial charge in [0.1, 0.15) is 5.75 Å². The fourth-order valence-corrected chi connectivity index (χ4v) is 7.02. The zero-order valence-electron chi connectivity index (χ0n) is 27.1. The first-order valence-electron chi connectivity index (χ1n) is 16.4. The molecular weight excluding hydrogens is 472 g/mol. The first kappa shape index (κ1) is 31.8. The third-order valence-electron chi connectivity index (χ3n) is 9.25. The SMILES string of the molecule is CCCCCc1cc(C(c2cc(CCCCC)cc(C(C)(C)C)c2O)C2CCCCC2)c(C)c(C(C)(C)C)c1. The van der Waals surface area contributed by atoms with Crippen molar-refractivity contribution in [3.8, 4) is 5.75 Å². The molecule has 0 saturated heterocycles. The molecule has 0 spiro atoms. The van der Waals surface area contributed by atoms with E-state index in [1.54, 1.807) is 0 Å². The topological polar surface area (TPSA) is 20.2 Å². The number of hydrogen-bond donors (Lipinski definition) is 1. The van der Waals surface area contributed by atoms with E-state index in [0.717, 1.165) is 18.4 Å². The van der Waals surface area contributed by atoms with Gasteiger partial charge in [0.2, 0.25) is 0 Å². The van der Waals surface area contributed by atoms with Crippen LogP contribution in [0.3, 0.4) is 0 Å². The van der Waals surface area contributed by atoms with Crippen molar-refractivity contribution in [1.82, 2.24) is 0 Å². The number of phenolic OH excluding ortho intramolecular Hbond substituents is 1. The molecule has 1 N–H and O–H groups in total. The maximum Gasteiger partial charge on any atom is 0.123 e. The lowest BCUT2D eigenvalue weighted by Crippen LogP contribution is -2.23. The van der Waals surface area contributed by atoms with Crippen molar-refractivity contribution >= 4 is 0 Å². The van der Waals surface area contributed by atoms with Gasteiger partial charge in [-0.05, 0) is 95.6 Å². The molecule has 1 unspecified atom stereocenters. The van der Waals surface area contributed by atoms with Gasteiger partial charge in [0, 0.05) is 11.5 Å². The highest BCUT2D eigenvalue weighted by molar-refractivity contribution is 5.54. The van der Waals surface area contributed by atoms with Crippen LogP contribution < -0.4 is 0 Å². The van der Waals surface area contributed by atoms with Crippen molar-refractivity contribution in [3.63, 3.8) is 0 Å². The van der Waals surface area contributed by atoms with Crippen LogP contribution in [0.2, 0.25) is 0 Å². The van der Waals surface area contributed by atoms with E-state index in [2.05, 4.69) is 86.6 Å². The highest BCUT2D eigenvalue weighted by Crippen LogP contribution is 2.48. The minimum atomic E-state index is -0.0929. The van der Waals surface area contributed by atoms with Gasteiger partial charge in [-0.3, -0.25) is 0 Å². The van der Waals surface area contributed by atoms with E-state index in [1.807, 2.05) is 0 Å². The molecule has 1 aliphatic carbocycles. The van der Waals surface area contributed by atoms with Gasteiger partial charge in [-0.2, -0.15) is 0 Å². The van der Waals surface area contributed by atoms with Crippen LogP contribution in [0.25, 0.3) is 0 Å². The number of phenols is 1. The molecule has 2 aromatic carbocycles. The van der Waals surface area contributed by atoms with Gasteiger partial charge in [-0.25, -0.2) is 0 Å². The van der Waals surface area contributed by atoms with Gasteiger partial charge in [0.05, 0.1) is 0 Å².